The number of aliphatic carboxylic acids is 1. The van der Waals surface area contributed by atoms with Crippen molar-refractivity contribution in [1.82, 2.24) is 0 Å². The highest BCUT2D eigenvalue weighted by molar-refractivity contribution is 5.77. The van der Waals surface area contributed by atoms with Crippen LogP contribution in [0.1, 0.15) is 18.9 Å². The normalized spacial score (nSPS) is 12.2. The molecular weight excluding hydrogens is 197 g/mol. The van der Waals surface area contributed by atoms with Gasteiger partial charge in [-0.2, -0.15) is 0 Å². The number of aryl methyl sites for hydroxylation is 1. The average Bonchev–Trinajstić information content (AvgIpc) is 2.18. The van der Waals surface area contributed by atoms with Crippen molar-refractivity contribution in [2.75, 3.05) is 5.32 Å². The second-order valence-corrected chi connectivity index (χ2v) is 3.43. The van der Waals surface area contributed by atoms with E-state index in [0.717, 1.165) is 5.56 Å². The number of carboxylic acids is 1. The van der Waals surface area contributed by atoms with Crippen molar-refractivity contribution >= 4 is 11.7 Å². The predicted molar refractivity (Wildman–Crippen MR) is 56.5 cm³/mol. The molecule has 15 heavy (non-hydrogen) atoms. The van der Waals surface area contributed by atoms with E-state index in [0.29, 0.717) is 6.42 Å². The Balaban J connectivity index is 2.87. The van der Waals surface area contributed by atoms with Gasteiger partial charge < -0.3 is 10.4 Å². The van der Waals surface area contributed by atoms with E-state index in [9.17, 15) is 9.18 Å². The van der Waals surface area contributed by atoms with Gasteiger partial charge in [-0.3, -0.25) is 0 Å². The highest BCUT2D eigenvalue weighted by Crippen LogP contribution is 2.17. The standard InChI is InChI=1S/C11H14FNO2/c1-3-9(11(14)15)13-10-6-7(2)4-5-8(10)12/h4-6,9,13H,3H2,1-2H3,(H,14,15). The summed E-state index contributed by atoms with van der Waals surface area (Å²) in [5, 5.41) is 11.5. The summed E-state index contributed by atoms with van der Waals surface area (Å²) in [5.74, 6) is -1.40. The molecule has 0 radical (unpaired) electrons. The van der Waals surface area contributed by atoms with Gasteiger partial charge in [0.05, 0.1) is 5.69 Å². The number of rotatable bonds is 4. The Morgan fingerprint density at radius 3 is 2.80 bits per heavy atom. The van der Waals surface area contributed by atoms with Crippen LogP contribution in [-0.2, 0) is 4.79 Å². The summed E-state index contributed by atoms with van der Waals surface area (Å²) in [6.45, 7) is 3.56. The Bertz CT molecular complexity index is 366. The fraction of sp³-hybridized carbons (Fsp3) is 0.364. The summed E-state index contributed by atoms with van der Waals surface area (Å²) in [5.41, 5.74) is 1.13. The first-order valence-electron chi connectivity index (χ1n) is 4.80. The Morgan fingerprint density at radius 1 is 1.60 bits per heavy atom. The monoisotopic (exact) mass is 211 g/mol. The van der Waals surface area contributed by atoms with Gasteiger partial charge in [-0.15, -0.1) is 0 Å². The Labute approximate surface area is 87.9 Å². The summed E-state index contributed by atoms with van der Waals surface area (Å²) in [7, 11) is 0. The van der Waals surface area contributed by atoms with E-state index in [1.807, 2.05) is 6.92 Å². The van der Waals surface area contributed by atoms with Crippen molar-refractivity contribution in [1.29, 1.82) is 0 Å². The SMILES string of the molecule is CCC(Nc1cc(C)ccc1F)C(=O)O. The van der Waals surface area contributed by atoms with E-state index in [1.165, 1.54) is 6.07 Å². The molecule has 0 heterocycles. The molecule has 0 fully saturated rings. The second kappa shape index (κ2) is 4.77. The summed E-state index contributed by atoms with van der Waals surface area (Å²) >= 11 is 0. The van der Waals surface area contributed by atoms with Crippen LogP contribution in [0.3, 0.4) is 0 Å². The van der Waals surface area contributed by atoms with Crippen molar-refractivity contribution in [2.24, 2.45) is 0 Å². The maximum absolute atomic E-state index is 13.3. The van der Waals surface area contributed by atoms with Crippen molar-refractivity contribution in [3.63, 3.8) is 0 Å². The number of hydrogen-bond donors (Lipinski definition) is 2. The van der Waals surface area contributed by atoms with Crippen molar-refractivity contribution in [2.45, 2.75) is 26.3 Å². The van der Waals surface area contributed by atoms with Gasteiger partial charge in [0.2, 0.25) is 0 Å². The summed E-state index contributed by atoms with van der Waals surface area (Å²) in [6, 6.07) is 3.82. The number of carboxylic acid groups (broad SMARTS) is 1. The molecule has 0 saturated heterocycles. The molecule has 0 aliphatic carbocycles. The van der Waals surface area contributed by atoms with Crippen LogP contribution >= 0.6 is 0 Å². The topological polar surface area (TPSA) is 49.3 Å². The Morgan fingerprint density at radius 2 is 2.27 bits per heavy atom. The minimum Gasteiger partial charge on any atom is -0.480 e. The molecule has 1 aromatic rings. The van der Waals surface area contributed by atoms with Crippen LogP contribution in [0.15, 0.2) is 18.2 Å². The fourth-order valence-electron chi connectivity index (χ4n) is 1.28. The zero-order valence-electron chi connectivity index (χ0n) is 8.75. The van der Waals surface area contributed by atoms with Crippen molar-refractivity contribution in [3.05, 3.63) is 29.6 Å². The first kappa shape index (κ1) is 11.5. The van der Waals surface area contributed by atoms with E-state index in [1.54, 1.807) is 19.1 Å². The zero-order valence-corrected chi connectivity index (χ0v) is 8.75. The van der Waals surface area contributed by atoms with Gasteiger partial charge in [-0.25, -0.2) is 9.18 Å². The van der Waals surface area contributed by atoms with Crippen LogP contribution < -0.4 is 5.32 Å². The minimum absolute atomic E-state index is 0.240. The van der Waals surface area contributed by atoms with Gasteiger partial charge in [0, 0.05) is 0 Å². The van der Waals surface area contributed by atoms with Crippen molar-refractivity contribution < 1.29 is 14.3 Å². The lowest BCUT2D eigenvalue weighted by molar-refractivity contribution is -0.137. The third-order valence-electron chi connectivity index (χ3n) is 2.16. The molecule has 0 aliphatic heterocycles. The molecule has 0 bridgehead atoms. The molecule has 4 heteroatoms. The molecule has 1 aromatic carbocycles. The third kappa shape index (κ3) is 2.94. The number of halogens is 1. The first-order valence-corrected chi connectivity index (χ1v) is 4.80. The Hall–Kier alpha value is -1.58. The van der Waals surface area contributed by atoms with Gasteiger partial charge in [0.1, 0.15) is 11.9 Å². The molecule has 0 spiro atoms. The van der Waals surface area contributed by atoms with Crippen LogP contribution in [0.4, 0.5) is 10.1 Å². The van der Waals surface area contributed by atoms with Crippen LogP contribution in [0.25, 0.3) is 0 Å². The fourth-order valence-corrected chi connectivity index (χ4v) is 1.28. The molecule has 3 nitrogen and oxygen atoms in total. The largest absolute Gasteiger partial charge is 0.480 e. The lowest BCUT2D eigenvalue weighted by atomic mass is 10.1. The molecule has 2 N–H and O–H groups in total. The molecular formula is C11H14FNO2. The molecule has 1 unspecified atom stereocenters. The average molecular weight is 211 g/mol. The summed E-state index contributed by atoms with van der Waals surface area (Å²) in [6.07, 6.45) is 0.405. The maximum Gasteiger partial charge on any atom is 0.326 e. The van der Waals surface area contributed by atoms with Gasteiger partial charge in [-0.05, 0) is 31.0 Å². The minimum atomic E-state index is -0.974. The molecule has 0 aliphatic rings. The second-order valence-electron chi connectivity index (χ2n) is 3.43. The highest BCUT2D eigenvalue weighted by atomic mass is 19.1. The van der Waals surface area contributed by atoms with Gasteiger partial charge in [-0.1, -0.05) is 13.0 Å². The van der Waals surface area contributed by atoms with Crippen LogP contribution in [0, 0.1) is 12.7 Å². The predicted octanol–water partition coefficient (Wildman–Crippen LogP) is 2.41. The quantitative estimate of drug-likeness (QED) is 0.804. The number of anilines is 1. The lowest BCUT2D eigenvalue weighted by Gasteiger charge is -2.14. The molecule has 1 rings (SSSR count). The number of benzene rings is 1. The van der Waals surface area contributed by atoms with Crippen LogP contribution in [-0.4, -0.2) is 17.1 Å². The highest BCUT2D eigenvalue weighted by Gasteiger charge is 2.15. The van der Waals surface area contributed by atoms with E-state index in [-0.39, 0.29) is 5.69 Å². The van der Waals surface area contributed by atoms with E-state index in [2.05, 4.69) is 5.32 Å². The third-order valence-corrected chi connectivity index (χ3v) is 2.16. The summed E-state index contributed by atoms with van der Waals surface area (Å²) < 4.78 is 13.3. The first-order chi connectivity index (χ1) is 7.04. The molecule has 0 saturated carbocycles. The lowest BCUT2D eigenvalue weighted by Crippen LogP contribution is -2.28. The smallest absolute Gasteiger partial charge is 0.326 e. The van der Waals surface area contributed by atoms with E-state index < -0.39 is 17.8 Å². The van der Waals surface area contributed by atoms with Crippen LogP contribution in [0.5, 0.6) is 0 Å². The molecule has 0 amide bonds. The number of carbonyl (C=O) groups is 1. The van der Waals surface area contributed by atoms with Crippen LogP contribution in [0.2, 0.25) is 0 Å². The van der Waals surface area contributed by atoms with Gasteiger partial charge >= 0.3 is 5.97 Å². The molecule has 0 aromatic heterocycles. The number of hydrogen-bond acceptors (Lipinski definition) is 2. The maximum atomic E-state index is 13.3. The number of nitrogens with one attached hydrogen (secondary N) is 1. The Kier molecular flexibility index (Phi) is 3.66. The molecule has 82 valence electrons. The summed E-state index contributed by atoms with van der Waals surface area (Å²) in [4.78, 5) is 10.7. The van der Waals surface area contributed by atoms with Crippen molar-refractivity contribution in [3.8, 4) is 0 Å². The van der Waals surface area contributed by atoms with E-state index in [4.69, 9.17) is 5.11 Å². The molecule has 1 atom stereocenters. The van der Waals surface area contributed by atoms with Gasteiger partial charge in [0.25, 0.3) is 0 Å². The van der Waals surface area contributed by atoms with E-state index >= 15 is 0 Å². The van der Waals surface area contributed by atoms with Gasteiger partial charge in [0.15, 0.2) is 0 Å². The zero-order chi connectivity index (χ0) is 11.4.